The number of imidazole rings is 1. The zero-order valence-corrected chi connectivity index (χ0v) is 47.3. The molecular weight excluding hydrogens is 1100 g/mol. The minimum atomic E-state index is -1.72. The topological polar surface area (TPSA) is 449 Å². The van der Waals surface area contributed by atoms with Gasteiger partial charge in [-0.3, -0.25) is 57.7 Å². The van der Waals surface area contributed by atoms with Crippen LogP contribution in [-0.4, -0.2) is 188 Å². The fraction of sp³-hybridized carbons (Fsp3) is 0.482. The van der Waals surface area contributed by atoms with Gasteiger partial charge in [0.1, 0.15) is 54.4 Å². The van der Waals surface area contributed by atoms with E-state index in [1.54, 1.807) is 60.8 Å². The van der Waals surface area contributed by atoms with E-state index in [2.05, 4.69) is 67.8 Å². The Kier molecular flexibility index (Phi) is 24.4. The number of aliphatic imine (C=N–C) groups is 1. The van der Waals surface area contributed by atoms with Crippen LogP contribution in [0.2, 0.25) is 0 Å². The molecule has 85 heavy (non-hydrogen) atoms. The highest BCUT2D eigenvalue weighted by Gasteiger charge is 2.41. The molecule has 2 fully saturated rings. The number of H-pyrrole nitrogens is 2. The van der Waals surface area contributed by atoms with Gasteiger partial charge in [0.25, 0.3) is 0 Å². The van der Waals surface area contributed by atoms with Gasteiger partial charge in [-0.1, -0.05) is 48.5 Å². The summed E-state index contributed by atoms with van der Waals surface area (Å²) >= 11 is 0. The summed E-state index contributed by atoms with van der Waals surface area (Å²) in [4.78, 5) is 169. The van der Waals surface area contributed by atoms with Crippen molar-refractivity contribution in [3.63, 3.8) is 0 Å². The van der Waals surface area contributed by atoms with Gasteiger partial charge in [-0.15, -0.1) is 0 Å². The lowest BCUT2D eigenvalue weighted by Crippen LogP contribution is -2.61. The van der Waals surface area contributed by atoms with E-state index in [0.29, 0.717) is 27.7 Å². The van der Waals surface area contributed by atoms with Crippen molar-refractivity contribution in [1.29, 1.82) is 0 Å². The second-order valence-corrected chi connectivity index (χ2v) is 20.9. The highest BCUT2D eigenvalue weighted by Crippen LogP contribution is 2.22. The maximum atomic E-state index is 15.1. The molecule has 0 unspecified atom stereocenters. The van der Waals surface area contributed by atoms with Crippen LogP contribution < -0.4 is 59.3 Å². The molecule has 0 saturated carbocycles. The monoisotopic (exact) mass is 1180 g/mol. The third-order valence-electron chi connectivity index (χ3n) is 14.4. The second-order valence-electron chi connectivity index (χ2n) is 20.9. The number of aliphatic hydroxyl groups excluding tert-OH is 2. The lowest BCUT2D eigenvalue weighted by atomic mass is 10.0. The summed E-state index contributed by atoms with van der Waals surface area (Å²) in [5, 5.41) is 44.1. The predicted molar refractivity (Wildman–Crippen MR) is 307 cm³/mol. The van der Waals surface area contributed by atoms with E-state index >= 15 is 4.79 Å². The number of para-hydroxylation sites is 1. The van der Waals surface area contributed by atoms with E-state index in [-0.39, 0.29) is 89.8 Å². The second kappa shape index (κ2) is 32.0. The van der Waals surface area contributed by atoms with Crippen molar-refractivity contribution in [2.45, 2.75) is 139 Å². The first-order valence-corrected chi connectivity index (χ1v) is 28.1. The zero-order chi connectivity index (χ0) is 61.6. The van der Waals surface area contributed by atoms with Crippen LogP contribution >= 0.6 is 0 Å². The van der Waals surface area contributed by atoms with Crippen LogP contribution in [0.4, 0.5) is 0 Å². The molecule has 2 aliphatic heterocycles. The lowest BCUT2D eigenvalue weighted by Gasteiger charge is -2.31. The van der Waals surface area contributed by atoms with Gasteiger partial charge in [0.05, 0.1) is 26.0 Å². The van der Waals surface area contributed by atoms with Crippen molar-refractivity contribution in [2.75, 3.05) is 32.8 Å². The molecule has 0 bridgehead atoms. The Balaban J connectivity index is 1.39. The van der Waals surface area contributed by atoms with E-state index in [4.69, 9.17) is 11.5 Å². The highest BCUT2D eigenvalue weighted by molar-refractivity contribution is 6.00. The Morgan fingerprint density at radius 1 is 0.729 bits per heavy atom. The average Bonchev–Trinajstić information content (AvgIpc) is 3.84. The van der Waals surface area contributed by atoms with Gasteiger partial charge >= 0.3 is 0 Å². The number of guanidine groups is 1. The van der Waals surface area contributed by atoms with E-state index < -0.39 is 139 Å². The number of aliphatic hydroxyl groups is 2. The van der Waals surface area contributed by atoms with Gasteiger partial charge in [-0.05, 0) is 69.1 Å². The summed E-state index contributed by atoms with van der Waals surface area (Å²) in [6.07, 6.45) is 4.00. The number of likely N-dealkylation sites (tertiary alicyclic amines) is 1. The number of fused-ring (bicyclic) bond motifs is 1. The van der Waals surface area contributed by atoms with E-state index in [0.717, 1.165) is 11.8 Å². The Hall–Kier alpha value is -9.25. The standard InChI is InChI=1S/C56H76N16O13/c1-31(75)44(28-73)70-53(83)45(29-74)71-54(84)46-18-11-21-72(46)55(85)43-25-47(77)60-19-9-8-16-38(64-32(2)76)48(78)68-42(24-35-27-59-30-63-35)52(82)66-40(22-33-12-4-3-5-13-33)50(80)65-39(17-10-20-61-56(57)58)49(79)67-41(51(81)69-43)23-34-26-62-37-15-7-6-14-36(34)37/h3-7,12-15,26-27,30,38-46,62,73-74H,8-11,16-25,28-29H2,1-2H3,(H,59,63)(H,60,77)(H,64,76)(H,65,80)(H,66,82)(H,67,79)(H,68,78)(H,69,81)(H,70,83)(H,71,84)(H4,57,58,61)/t38-,39-,40+,41-,42-,43-,44-,45-,46-/m0/s1. The summed E-state index contributed by atoms with van der Waals surface area (Å²) in [7, 11) is 0. The largest absolute Gasteiger partial charge is 0.394 e. The maximum absolute atomic E-state index is 15.1. The molecule has 29 heteroatoms. The molecule has 0 radical (unpaired) electrons. The third-order valence-corrected chi connectivity index (χ3v) is 14.4. The summed E-state index contributed by atoms with van der Waals surface area (Å²) in [5.74, 6) is -9.21. The molecule has 10 amide bonds. The lowest BCUT2D eigenvalue weighted by molar-refractivity contribution is -0.144. The van der Waals surface area contributed by atoms with Crippen molar-refractivity contribution >= 4 is 81.7 Å². The Bertz CT molecular complexity index is 3020. The molecule has 0 spiro atoms. The van der Waals surface area contributed by atoms with Crippen molar-refractivity contribution in [1.82, 2.24) is 67.7 Å². The molecule has 2 aromatic carbocycles. The Morgan fingerprint density at radius 3 is 2.05 bits per heavy atom. The third kappa shape index (κ3) is 19.4. The number of aromatic amines is 2. The van der Waals surface area contributed by atoms with E-state index in [1.807, 2.05) is 0 Å². The number of carbonyl (C=O) groups is 11. The first kappa shape index (κ1) is 64.9. The number of nitrogens with one attached hydrogen (secondary N) is 11. The first-order chi connectivity index (χ1) is 40.7. The van der Waals surface area contributed by atoms with Crippen LogP contribution in [-0.2, 0) is 72.0 Å². The van der Waals surface area contributed by atoms with Crippen molar-refractivity contribution in [3.8, 4) is 0 Å². The van der Waals surface area contributed by atoms with Crippen LogP contribution in [0, 0.1) is 0 Å². The van der Waals surface area contributed by atoms with Crippen molar-refractivity contribution in [2.24, 2.45) is 16.5 Å². The molecule has 4 heterocycles. The summed E-state index contributed by atoms with van der Waals surface area (Å²) < 4.78 is 0. The number of hydrogen-bond acceptors (Lipinski definition) is 15. The molecule has 6 rings (SSSR count). The Morgan fingerprint density at radius 2 is 1.38 bits per heavy atom. The van der Waals surface area contributed by atoms with Gasteiger partial charge in [0.2, 0.25) is 59.1 Å². The molecule has 2 aliphatic rings. The van der Waals surface area contributed by atoms with Gasteiger partial charge < -0.3 is 84.4 Å². The fourth-order valence-electron chi connectivity index (χ4n) is 9.93. The first-order valence-electron chi connectivity index (χ1n) is 28.1. The molecular formula is C56H76N16O13. The van der Waals surface area contributed by atoms with Crippen LogP contribution in [0.15, 0.2) is 78.3 Å². The number of benzene rings is 2. The van der Waals surface area contributed by atoms with Crippen LogP contribution in [0.1, 0.15) is 82.0 Å². The van der Waals surface area contributed by atoms with Crippen LogP contribution in [0.5, 0.6) is 0 Å². The number of amides is 10. The summed E-state index contributed by atoms with van der Waals surface area (Å²) in [6, 6.07) is 2.84. The number of nitrogens with two attached hydrogens (primary N) is 2. The van der Waals surface area contributed by atoms with Crippen LogP contribution in [0.3, 0.4) is 0 Å². The van der Waals surface area contributed by atoms with Gasteiger partial charge in [0, 0.05) is 74.8 Å². The number of aromatic nitrogens is 3. The smallest absolute Gasteiger partial charge is 0.246 e. The molecule has 17 N–H and O–H groups in total. The number of rotatable bonds is 19. The van der Waals surface area contributed by atoms with Gasteiger partial charge in [-0.2, -0.15) is 0 Å². The summed E-state index contributed by atoms with van der Waals surface area (Å²) in [6.45, 7) is 0.553. The number of carbonyl (C=O) groups excluding carboxylic acids is 11. The number of hydrogen-bond donors (Lipinski definition) is 15. The maximum Gasteiger partial charge on any atom is 0.246 e. The number of Topliss-reactive ketones (excluding diaryl/α,β-unsaturated/α-hetero) is 1. The zero-order valence-electron chi connectivity index (χ0n) is 47.3. The molecule has 458 valence electrons. The molecule has 9 atom stereocenters. The highest BCUT2D eigenvalue weighted by atomic mass is 16.3. The number of nitrogens with zero attached hydrogens (tertiary/aromatic N) is 3. The SMILES string of the molecule is CC(=O)N[C@H]1CCCCNC(=O)C[C@@H](C(=O)N2CCC[C@H]2C(=O)N[C@@H](CO)C(=O)N[C@@H](CO)C(C)=O)NC(=O)[C@H](Cc2c[nH]c3ccccc23)NC(=O)[C@H](CCCN=C(N)N)NC(=O)[C@@H](Cc2ccccc2)NC(=O)[C@H](Cc2cnc[nH]2)NC1=O. The molecule has 4 aromatic rings. The molecule has 0 aliphatic carbocycles. The minimum Gasteiger partial charge on any atom is -0.394 e. The summed E-state index contributed by atoms with van der Waals surface area (Å²) in [5.41, 5.74) is 13.5. The van der Waals surface area contributed by atoms with Gasteiger partial charge in [-0.25, -0.2) is 4.98 Å². The normalized spacial score (nSPS) is 22.2. The average molecular weight is 1180 g/mol. The van der Waals surface area contributed by atoms with E-state index in [9.17, 15) is 58.2 Å². The molecule has 2 saturated heterocycles. The van der Waals surface area contributed by atoms with Crippen LogP contribution in [0.25, 0.3) is 10.9 Å². The Labute approximate surface area is 489 Å². The quantitative estimate of drug-likeness (QED) is 0.0243. The molecule has 29 nitrogen and oxygen atoms in total. The minimum absolute atomic E-state index is 0.000846. The van der Waals surface area contributed by atoms with E-state index in [1.165, 1.54) is 19.4 Å². The van der Waals surface area contributed by atoms with Crippen molar-refractivity contribution < 1.29 is 63.0 Å². The molecule has 2 aromatic heterocycles. The van der Waals surface area contributed by atoms with Crippen molar-refractivity contribution in [3.05, 3.63) is 90.1 Å². The fourth-order valence-corrected chi connectivity index (χ4v) is 9.93. The predicted octanol–water partition coefficient (Wildman–Crippen LogP) is -3.87. The van der Waals surface area contributed by atoms with Gasteiger partial charge in [0.15, 0.2) is 11.7 Å². The number of ketones is 1.